The maximum Gasteiger partial charge on any atom is 0.257 e. The minimum Gasteiger partial charge on any atom is -0.486 e. The summed E-state index contributed by atoms with van der Waals surface area (Å²) in [6, 6.07) is 24.1. The molecule has 0 bridgehead atoms. The Labute approximate surface area is 199 Å². The van der Waals surface area contributed by atoms with Crippen molar-refractivity contribution >= 4 is 17.9 Å². The van der Waals surface area contributed by atoms with Crippen LogP contribution < -0.4 is 20.1 Å². The predicted molar refractivity (Wildman–Crippen MR) is 131 cm³/mol. The zero-order valence-electron chi connectivity index (χ0n) is 19.3. The van der Waals surface area contributed by atoms with Crippen molar-refractivity contribution in [3.63, 3.8) is 0 Å². The van der Waals surface area contributed by atoms with Crippen LogP contribution in [0.5, 0.6) is 11.5 Å². The van der Waals surface area contributed by atoms with Gasteiger partial charge >= 0.3 is 0 Å². The Morgan fingerprint density at radius 2 is 1.24 bits per heavy atom. The third kappa shape index (κ3) is 5.64. The van der Waals surface area contributed by atoms with Crippen LogP contribution in [-0.4, -0.2) is 25.0 Å². The third-order valence-electron chi connectivity index (χ3n) is 5.66. The molecule has 0 spiro atoms. The molecule has 1 aliphatic rings. The standard InChI is InChI=1S/C28H28N2O4/c1-19(22-9-5-3-6-10-22)29-27(31)24(28(32)30-20(2)23-11-7-4-8-12-23)17-21-13-14-25-26(18-21)34-16-15-33-25/h3-14,17-20H,15-16H2,1-2H3,(H,29,31)(H,30,32)/t19-,20+. The van der Waals surface area contributed by atoms with Gasteiger partial charge in [-0.25, -0.2) is 0 Å². The second-order valence-electron chi connectivity index (χ2n) is 8.17. The van der Waals surface area contributed by atoms with Crippen LogP contribution >= 0.6 is 0 Å². The summed E-state index contributed by atoms with van der Waals surface area (Å²) >= 11 is 0. The van der Waals surface area contributed by atoms with Crippen molar-refractivity contribution in [3.8, 4) is 11.5 Å². The van der Waals surface area contributed by atoms with Crippen molar-refractivity contribution in [2.75, 3.05) is 13.2 Å². The molecule has 2 atom stereocenters. The Morgan fingerprint density at radius 1 is 0.735 bits per heavy atom. The van der Waals surface area contributed by atoms with Crippen LogP contribution in [0.25, 0.3) is 6.08 Å². The van der Waals surface area contributed by atoms with E-state index in [0.717, 1.165) is 11.1 Å². The minimum absolute atomic E-state index is 0.0160. The molecule has 4 rings (SSSR count). The summed E-state index contributed by atoms with van der Waals surface area (Å²) in [5.41, 5.74) is 2.59. The number of carbonyl (C=O) groups is 2. The van der Waals surface area contributed by atoms with Gasteiger partial charge in [-0.1, -0.05) is 66.7 Å². The van der Waals surface area contributed by atoms with E-state index >= 15 is 0 Å². The van der Waals surface area contributed by atoms with Gasteiger partial charge in [0.15, 0.2) is 11.5 Å². The predicted octanol–water partition coefficient (Wildman–Crippen LogP) is 4.60. The molecule has 0 aromatic heterocycles. The Balaban J connectivity index is 1.60. The first-order valence-electron chi connectivity index (χ1n) is 11.3. The molecular weight excluding hydrogens is 428 g/mol. The highest BCUT2D eigenvalue weighted by molar-refractivity contribution is 6.21. The molecule has 174 valence electrons. The molecule has 1 heterocycles. The number of fused-ring (bicyclic) bond motifs is 1. The van der Waals surface area contributed by atoms with E-state index in [0.29, 0.717) is 30.3 Å². The average Bonchev–Trinajstić information content (AvgIpc) is 2.88. The van der Waals surface area contributed by atoms with Crippen LogP contribution in [-0.2, 0) is 9.59 Å². The first kappa shape index (κ1) is 23.1. The van der Waals surface area contributed by atoms with Crippen LogP contribution in [0.1, 0.15) is 42.6 Å². The van der Waals surface area contributed by atoms with Gasteiger partial charge in [-0.15, -0.1) is 0 Å². The van der Waals surface area contributed by atoms with Crippen molar-refractivity contribution in [3.05, 3.63) is 101 Å². The number of hydrogen-bond acceptors (Lipinski definition) is 4. The van der Waals surface area contributed by atoms with Gasteiger partial charge in [0.05, 0.1) is 12.1 Å². The summed E-state index contributed by atoms with van der Waals surface area (Å²) in [6.45, 7) is 4.73. The molecule has 2 N–H and O–H groups in total. The van der Waals surface area contributed by atoms with E-state index in [4.69, 9.17) is 9.47 Å². The number of hydrogen-bond donors (Lipinski definition) is 2. The fraction of sp³-hybridized carbons (Fsp3) is 0.214. The van der Waals surface area contributed by atoms with Crippen molar-refractivity contribution in [1.29, 1.82) is 0 Å². The lowest BCUT2D eigenvalue weighted by Crippen LogP contribution is -2.36. The van der Waals surface area contributed by atoms with Crippen molar-refractivity contribution in [2.45, 2.75) is 25.9 Å². The van der Waals surface area contributed by atoms with Crippen LogP contribution in [0.3, 0.4) is 0 Å². The van der Waals surface area contributed by atoms with Crippen LogP contribution in [0, 0.1) is 0 Å². The van der Waals surface area contributed by atoms with Crippen LogP contribution in [0.4, 0.5) is 0 Å². The molecule has 3 aromatic carbocycles. The lowest BCUT2D eigenvalue weighted by molar-refractivity contribution is -0.124. The normalized spacial score (nSPS) is 14.6. The van der Waals surface area contributed by atoms with Gasteiger partial charge < -0.3 is 20.1 Å². The zero-order chi connectivity index (χ0) is 23.9. The lowest BCUT2D eigenvalue weighted by atomic mass is 10.0. The van der Waals surface area contributed by atoms with Crippen molar-refractivity contribution in [1.82, 2.24) is 10.6 Å². The summed E-state index contributed by atoms with van der Waals surface area (Å²) in [5.74, 6) is 0.331. The monoisotopic (exact) mass is 456 g/mol. The van der Waals surface area contributed by atoms with Crippen LogP contribution in [0.15, 0.2) is 84.4 Å². The van der Waals surface area contributed by atoms with Gasteiger partial charge in [-0.3, -0.25) is 9.59 Å². The lowest BCUT2D eigenvalue weighted by Gasteiger charge is -2.20. The summed E-state index contributed by atoms with van der Waals surface area (Å²) < 4.78 is 11.2. The van der Waals surface area contributed by atoms with Crippen molar-refractivity contribution < 1.29 is 19.1 Å². The van der Waals surface area contributed by atoms with E-state index in [2.05, 4.69) is 10.6 Å². The Bertz CT molecular complexity index is 1110. The number of nitrogens with one attached hydrogen (secondary N) is 2. The maximum atomic E-state index is 13.3. The average molecular weight is 457 g/mol. The fourth-order valence-electron chi connectivity index (χ4n) is 3.75. The molecule has 0 unspecified atom stereocenters. The molecule has 0 saturated carbocycles. The second-order valence-corrected chi connectivity index (χ2v) is 8.17. The highest BCUT2D eigenvalue weighted by atomic mass is 16.6. The topological polar surface area (TPSA) is 76.7 Å². The molecule has 3 aromatic rings. The molecule has 1 aliphatic heterocycles. The van der Waals surface area contributed by atoms with Crippen LogP contribution in [0.2, 0.25) is 0 Å². The van der Waals surface area contributed by atoms with E-state index < -0.39 is 11.8 Å². The number of carbonyl (C=O) groups excluding carboxylic acids is 2. The fourth-order valence-corrected chi connectivity index (χ4v) is 3.75. The second kappa shape index (κ2) is 10.7. The highest BCUT2D eigenvalue weighted by Crippen LogP contribution is 2.31. The van der Waals surface area contributed by atoms with E-state index in [-0.39, 0.29) is 17.7 Å². The van der Waals surface area contributed by atoms with E-state index in [1.165, 1.54) is 0 Å². The summed E-state index contributed by atoms with van der Waals surface area (Å²) in [5, 5.41) is 5.90. The molecular formula is C28H28N2O4. The first-order valence-corrected chi connectivity index (χ1v) is 11.3. The Kier molecular flexibility index (Phi) is 7.28. The molecule has 0 saturated heterocycles. The molecule has 0 fully saturated rings. The molecule has 2 amide bonds. The first-order chi connectivity index (χ1) is 16.5. The van der Waals surface area contributed by atoms with E-state index in [9.17, 15) is 9.59 Å². The van der Waals surface area contributed by atoms with Gasteiger partial charge in [0.2, 0.25) is 0 Å². The minimum atomic E-state index is -0.455. The van der Waals surface area contributed by atoms with E-state index in [1.54, 1.807) is 24.3 Å². The summed E-state index contributed by atoms with van der Waals surface area (Å²) in [7, 11) is 0. The summed E-state index contributed by atoms with van der Waals surface area (Å²) in [4.78, 5) is 26.6. The number of benzene rings is 3. The SMILES string of the molecule is C[C@H](NC(=O)C(=Cc1ccc2c(c1)OCCO2)C(=O)N[C@H](C)c1ccccc1)c1ccccc1. The zero-order valence-corrected chi connectivity index (χ0v) is 19.3. The maximum absolute atomic E-state index is 13.3. The van der Waals surface area contributed by atoms with Gasteiger partial charge in [-0.05, 0) is 48.7 Å². The smallest absolute Gasteiger partial charge is 0.257 e. The highest BCUT2D eigenvalue weighted by Gasteiger charge is 2.23. The van der Waals surface area contributed by atoms with E-state index in [1.807, 2.05) is 74.5 Å². The van der Waals surface area contributed by atoms with Gasteiger partial charge in [0.25, 0.3) is 11.8 Å². The van der Waals surface area contributed by atoms with Gasteiger partial charge in [0.1, 0.15) is 18.8 Å². The quantitative estimate of drug-likeness (QED) is 0.310. The number of amides is 2. The molecule has 0 radical (unpaired) electrons. The van der Waals surface area contributed by atoms with Crippen molar-refractivity contribution in [2.24, 2.45) is 0 Å². The third-order valence-corrected chi connectivity index (χ3v) is 5.66. The molecule has 0 aliphatic carbocycles. The largest absolute Gasteiger partial charge is 0.486 e. The molecule has 6 nitrogen and oxygen atoms in total. The summed E-state index contributed by atoms with van der Waals surface area (Å²) in [6.07, 6.45) is 1.58. The Hall–Kier alpha value is -4.06. The van der Waals surface area contributed by atoms with Gasteiger partial charge in [-0.2, -0.15) is 0 Å². The number of ether oxygens (including phenoxy) is 2. The Morgan fingerprint density at radius 3 is 1.76 bits per heavy atom. The molecule has 6 heteroatoms. The number of rotatable bonds is 7. The van der Waals surface area contributed by atoms with Gasteiger partial charge in [0, 0.05) is 0 Å². The molecule has 34 heavy (non-hydrogen) atoms.